The van der Waals surface area contributed by atoms with Gasteiger partial charge in [0.1, 0.15) is 5.75 Å². The highest BCUT2D eigenvalue weighted by atomic mass is 16.6. The fourth-order valence-electron chi connectivity index (χ4n) is 3.77. The van der Waals surface area contributed by atoms with Gasteiger partial charge >= 0.3 is 0 Å². The molecule has 0 spiro atoms. The summed E-state index contributed by atoms with van der Waals surface area (Å²) in [7, 11) is 0. The van der Waals surface area contributed by atoms with Crippen molar-refractivity contribution in [1.82, 2.24) is 4.90 Å². The number of imide groups is 1. The summed E-state index contributed by atoms with van der Waals surface area (Å²) in [5.74, 6) is -0.797. The van der Waals surface area contributed by atoms with E-state index < -0.39 is 4.92 Å². The van der Waals surface area contributed by atoms with Crippen molar-refractivity contribution >= 4 is 40.2 Å². The average molecular weight is 444 g/mol. The van der Waals surface area contributed by atoms with Crippen LogP contribution in [0.5, 0.6) is 5.75 Å². The number of nitro benzene ring substituents is 1. The standard InChI is InChI=1S/C24H20N4O5/c1-2-12-27-23(30)18-5-3-4-17-20(8-7-19(22(17)18)24(27)31)26-11-10-25-14-15-13-16(28(32)33)6-9-21(15)29/h2-9,13-14,26,29H,1,10-12H2. The number of phenolic OH excluding ortho intramolecular Hbond substituents is 1. The topological polar surface area (TPSA) is 125 Å². The van der Waals surface area contributed by atoms with Crippen molar-refractivity contribution in [2.24, 2.45) is 4.99 Å². The third-order valence-corrected chi connectivity index (χ3v) is 5.31. The molecule has 4 rings (SSSR count). The fourth-order valence-corrected chi connectivity index (χ4v) is 3.77. The molecule has 3 aromatic rings. The molecule has 33 heavy (non-hydrogen) atoms. The molecule has 0 unspecified atom stereocenters. The number of carbonyl (C=O) groups excluding carboxylic acids is 2. The molecule has 0 aliphatic carbocycles. The van der Waals surface area contributed by atoms with Crippen molar-refractivity contribution in [3.05, 3.63) is 88.0 Å². The molecule has 0 fully saturated rings. The number of nitrogens with zero attached hydrogens (tertiary/aromatic N) is 3. The number of aliphatic imine (C=N–C) groups is 1. The molecule has 1 aliphatic heterocycles. The van der Waals surface area contributed by atoms with Gasteiger partial charge in [0.05, 0.1) is 11.5 Å². The Morgan fingerprint density at radius 2 is 1.88 bits per heavy atom. The van der Waals surface area contributed by atoms with E-state index in [4.69, 9.17) is 0 Å². The van der Waals surface area contributed by atoms with Crippen LogP contribution in [-0.2, 0) is 0 Å². The molecule has 9 nitrogen and oxygen atoms in total. The predicted octanol–water partition coefficient (Wildman–Crippen LogP) is 3.77. The van der Waals surface area contributed by atoms with E-state index in [1.54, 1.807) is 24.3 Å². The number of aromatic hydroxyl groups is 1. The van der Waals surface area contributed by atoms with E-state index in [0.717, 1.165) is 11.1 Å². The van der Waals surface area contributed by atoms with Crippen LogP contribution in [0.25, 0.3) is 10.8 Å². The van der Waals surface area contributed by atoms with Crippen LogP contribution in [0, 0.1) is 10.1 Å². The van der Waals surface area contributed by atoms with Crippen molar-refractivity contribution in [2.45, 2.75) is 0 Å². The van der Waals surface area contributed by atoms with Crippen LogP contribution in [0.2, 0.25) is 0 Å². The molecule has 0 radical (unpaired) electrons. The zero-order chi connectivity index (χ0) is 23.5. The summed E-state index contributed by atoms with van der Waals surface area (Å²) in [5.41, 5.74) is 1.80. The highest BCUT2D eigenvalue weighted by Crippen LogP contribution is 2.34. The molecule has 166 valence electrons. The van der Waals surface area contributed by atoms with Gasteiger partial charge in [-0.15, -0.1) is 6.58 Å². The number of phenols is 1. The van der Waals surface area contributed by atoms with Crippen LogP contribution in [0.3, 0.4) is 0 Å². The predicted molar refractivity (Wildman–Crippen MR) is 125 cm³/mol. The largest absolute Gasteiger partial charge is 0.507 e. The molecule has 1 heterocycles. The van der Waals surface area contributed by atoms with Gasteiger partial charge in [0.25, 0.3) is 17.5 Å². The third kappa shape index (κ3) is 4.03. The summed E-state index contributed by atoms with van der Waals surface area (Å²) in [5, 5.41) is 25.4. The number of nitrogens with one attached hydrogen (secondary N) is 1. The van der Waals surface area contributed by atoms with E-state index in [0.29, 0.717) is 29.6 Å². The first-order valence-electron chi connectivity index (χ1n) is 10.2. The fraction of sp³-hybridized carbons (Fsp3) is 0.125. The highest BCUT2D eigenvalue weighted by Gasteiger charge is 2.32. The highest BCUT2D eigenvalue weighted by molar-refractivity contribution is 6.26. The monoisotopic (exact) mass is 444 g/mol. The lowest BCUT2D eigenvalue weighted by molar-refractivity contribution is -0.384. The van der Waals surface area contributed by atoms with Gasteiger partial charge in [-0.05, 0) is 24.3 Å². The number of anilines is 1. The Kier molecular flexibility index (Phi) is 5.86. The van der Waals surface area contributed by atoms with Crippen molar-refractivity contribution in [3.8, 4) is 5.75 Å². The maximum atomic E-state index is 12.8. The summed E-state index contributed by atoms with van der Waals surface area (Å²) in [4.78, 5) is 41.3. The number of benzene rings is 3. The van der Waals surface area contributed by atoms with Gasteiger partial charge in [-0.2, -0.15) is 0 Å². The molecular formula is C24H20N4O5. The van der Waals surface area contributed by atoms with E-state index >= 15 is 0 Å². The van der Waals surface area contributed by atoms with Crippen molar-refractivity contribution in [3.63, 3.8) is 0 Å². The number of hydrogen-bond acceptors (Lipinski definition) is 7. The van der Waals surface area contributed by atoms with E-state index in [1.165, 1.54) is 35.4 Å². The summed E-state index contributed by atoms with van der Waals surface area (Å²) >= 11 is 0. The molecule has 3 aromatic carbocycles. The number of amides is 2. The van der Waals surface area contributed by atoms with E-state index in [1.807, 2.05) is 6.07 Å². The minimum atomic E-state index is -0.539. The first kappa shape index (κ1) is 21.7. The molecule has 0 saturated carbocycles. The molecule has 2 amide bonds. The van der Waals surface area contributed by atoms with Crippen molar-refractivity contribution in [1.29, 1.82) is 0 Å². The van der Waals surface area contributed by atoms with Crippen molar-refractivity contribution < 1.29 is 19.6 Å². The first-order valence-corrected chi connectivity index (χ1v) is 10.2. The van der Waals surface area contributed by atoms with Gasteiger partial charge in [-0.1, -0.05) is 18.2 Å². The maximum Gasteiger partial charge on any atom is 0.270 e. The Bertz CT molecular complexity index is 1310. The maximum absolute atomic E-state index is 12.8. The lowest BCUT2D eigenvalue weighted by Gasteiger charge is -2.27. The molecule has 9 heteroatoms. The molecule has 0 bridgehead atoms. The zero-order valence-electron chi connectivity index (χ0n) is 17.5. The minimum Gasteiger partial charge on any atom is -0.507 e. The summed E-state index contributed by atoms with van der Waals surface area (Å²) in [6.07, 6.45) is 2.90. The number of rotatable bonds is 8. The van der Waals surface area contributed by atoms with E-state index in [9.17, 15) is 24.8 Å². The van der Waals surface area contributed by atoms with Gasteiger partial charge in [0, 0.05) is 64.6 Å². The number of carbonyl (C=O) groups is 2. The smallest absolute Gasteiger partial charge is 0.270 e. The van der Waals surface area contributed by atoms with Crippen molar-refractivity contribution in [2.75, 3.05) is 25.0 Å². The second-order valence-corrected chi connectivity index (χ2v) is 7.36. The third-order valence-electron chi connectivity index (χ3n) is 5.31. The molecule has 0 saturated heterocycles. The second kappa shape index (κ2) is 8.91. The Hall–Kier alpha value is -4.53. The van der Waals surface area contributed by atoms with Gasteiger partial charge in [0.2, 0.25) is 0 Å². The normalized spacial score (nSPS) is 13.0. The molecular weight excluding hydrogens is 424 g/mol. The second-order valence-electron chi connectivity index (χ2n) is 7.36. The van der Waals surface area contributed by atoms with Crippen LogP contribution in [-0.4, -0.2) is 52.6 Å². The lowest BCUT2D eigenvalue weighted by Crippen LogP contribution is -2.40. The Balaban J connectivity index is 1.52. The van der Waals surface area contributed by atoms with E-state index in [2.05, 4.69) is 16.9 Å². The Morgan fingerprint density at radius 1 is 1.12 bits per heavy atom. The van der Waals surface area contributed by atoms with Crippen LogP contribution < -0.4 is 5.32 Å². The molecule has 2 N–H and O–H groups in total. The SMILES string of the molecule is C=CCN1C(=O)c2cccc3c(NCCN=Cc4cc([N+](=O)[O-])ccc4O)ccc(c23)C1=O. The first-order chi connectivity index (χ1) is 15.9. The summed E-state index contributed by atoms with van der Waals surface area (Å²) in [6.45, 7) is 4.52. The number of hydrogen-bond donors (Lipinski definition) is 2. The van der Waals surface area contributed by atoms with Crippen LogP contribution in [0.15, 0.2) is 66.2 Å². The Labute approximate surface area is 188 Å². The van der Waals surface area contributed by atoms with Gasteiger partial charge in [-0.25, -0.2) is 0 Å². The molecule has 0 aromatic heterocycles. The van der Waals surface area contributed by atoms with Crippen LogP contribution in [0.1, 0.15) is 26.3 Å². The van der Waals surface area contributed by atoms with E-state index in [-0.39, 0.29) is 35.4 Å². The summed E-state index contributed by atoms with van der Waals surface area (Å²) in [6, 6.07) is 12.5. The molecule has 1 aliphatic rings. The lowest BCUT2D eigenvalue weighted by atomic mass is 9.93. The average Bonchev–Trinajstić information content (AvgIpc) is 2.81. The van der Waals surface area contributed by atoms with Gasteiger partial charge in [-0.3, -0.25) is 29.6 Å². The quantitative estimate of drug-likeness (QED) is 0.136. The van der Waals surface area contributed by atoms with Crippen LogP contribution >= 0.6 is 0 Å². The zero-order valence-corrected chi connectivity index (χ0v) is 17.5. The Morgan fingerprint density at radius 3 is 2.61 bits per heavy atom. The van der Waals surface area contributed by atoms with Gasteiger partial charge in [0.15, 0.2) is 0 Å². The minimum absolute atomic E-state index is 0.0966. The number of nitro groups is 1. The number of non-ortho nitro benzene ring substituents is 1. The van der Waals surface area contributed by atoms with Crippen LogP contribution in [0.4, 0.5) is 11.4 Å². The summed E-state index contributed by atoms with van der Waals surface area (Å²) < 4.78 is 0. The van der Waals surface area contributed by atoms with Gasteiger partial charge < -0.3 is 10.4 Å². The molecule has 0 atom stereocenters.